The van der Waals surface area contributed by atoms with Crippen molar-refractivity contribution in [3.63, 3.8) is 0 Å². The zero-order valence-corrected chi connectivity index (χ0v) is 8.38. The van der Waals surface area contributed by atoms with E-state index >= 15 is 0 Å². The number of hydrogen-bond acceptors (Lipinski definition) is 3. The Bertz CT molecular complexity index is 205. The maximum absolute atomic E-state index is 11.5. The van der Waals surface area contributed by atoms with Crippen molar-refractivity contribution in [2.24, 2.45) is 0 Å². The second-order valence-electron chi connectivity index (χ2n) is 3.73. The van der Waals surface area contributed by atoms with Crippen molar-refractivity contribution in [1.82, 2.24) is 4.90 Å². The van der Waals surface area contributed by atoms with E-state index in [1.54, 1.807) is 0 Å². The first kappa shape index (κ1) is 10.4. The molecule has 3 nitrogen and oxygen atoms in total. The third kappa shape index (κ3) is 2.17. The Kier molecular flexibility index (Phi) is 3.22. The Balaban J connectivity index is 2.66. The normalized spacial score (nSPS) is 19.8. The Hall–Kier alpha value is -0.670. The molecule has 0 bridgehead atoms. The minimum Gasteiger partial charge on any atom is -0.379 e. The second-order valence-corrected chi connectivity index (χ2v) is 3.73. The van der Waals surface area contributed by atoms with Crippen LogP contribution in [0, 0.1) is 0 Å². The van der Waals surface area contributed by atoms with Gasteiger partial charge in [-0.1, -0.05) is 6.58 Å². The molecule has 0 aromatic rings. The predicted octanol–water partition coefficient (Wildman–Crippen LogP) is 0.852. The largest absolute Gasteiger partial charge is 0.379 e. The monoisotopic (exact) mass is 183 g/mol. The summed E-state index contributed by atoms with van der Waals surface area (Å²) < 4.78 is 5.23. The van der Waals surface area contributed by atoms with Gasteiger partial charge in [-0.15, -0.1) is 0 Å². The molecule has 1 saturated heterocycles. The highest BCUT2D eigenvalue weighted by molar-refractivity contribution is 5.96. The maximum atomic E-state index is 11.5. The summed E-state index contributed by atoms with van der Waals surface area (Å²) >= 11 is 0. The highest BCUT2D eigenvalue weighted by atomic mass is 16.5. The zero-order chi connectivity index (χ0) is 9.90. The fourth-order valence-electron chi connectivity index (χ4n) is 1.53. The van der Waals surface area contributed by atoms with E-state index in [1.165, 1.54) is 6.08 Å². The molecule has 0 amide bonds. The summed E-state index contributed by atoms with van der Waals surface area (Å²) in [6.07, 6.45) is 1.40. The third-order valence-corrected chi connectivity index (χ3v) is 2.59. The zero-order valence-electron chi connectivity index (χ0n) is 8.38. The van der Waals surface area contributed by atoms with E-state index in [0.29, 0.717) is 13.2 Å². The van der Waals surface area contributed by atoms with Crippen LogP contribution in [0.25, 0.3) is 0 Å². The van der Waals surface area contributed by atoms with Crippen LogP contribution in [0.15, 0.2) is 12.7 Å². The van der Waals surface area contributed by atoms with Gasteiger partial charge in [0.1, 0.15) is 0 Å². The first-order valence-corrected chi connectivity index (χ1v) is 4.58. The molecule has 0 unspecified atom stereocenters. The van der Waals surface area contributed by atoms with Gasteiger partial charge in [-0.25, -0.2) is 0 Å². The summed E-state index contributed by atoms with van der Waals surface area (Å²) in [6.45, 7) is 10.5. The molecule has 0 atom stereocenters. The van der Waals surface area contributed by atoms with Gasteiger partial charge < -0.3 is 4.74 Å². The van der Waals surface area contributed by atoms with E-state index in [0.717, 1.165) is 13.1 Å². The summed E-state index contributed by atoms with van der Waals surface area (Å²) in [5, 5.41) is 0. The summed E-state index contributed by atoms with van der Waals surface area (Å²) in [5.41, 5.74) is -0.425. The van der Waals surface area contributed by atoms with Crippen molar-refractivity contribution in [2.45, 2.75) is 19.4 Å². The van der Waals surface area contributed by atoms with Gasteiger partial charge in [0.25, 0.3) is 0 Å². The topological polar surface area (TPSA) is 29.5 Å². The molecule has 1 aliphatic rings. The third-order valence-electron chi connectivity index (χ3n) is 2.59. The lowest BCUT2D eigenvalue weighted by Crippen LogP contribution is -2.53. The number of morpholine rings is 1. The van der Waals surface area contributed by atoms with E-state index in [2.05, 4.69) is 11.5 Å². The SMILES string of the molecule is C=CC(=O)C(C)(C)N1CCOCC1. The average Bonchev–Trinajstić information content (AvgIpc) is 2.18. The van der Waals surface area contributed by atoms with Crippen LogP contribution in [0.5, 0.6) is 0 Å². The van der Waals surface area contributed by atoms with Crippen LogP contribution in [0.3, 0.4) is 0 Å². The fraction of sp³-hybridized carbons (Fsp3) is 0.700. The molecule has 0 aromatic heterocycles. The average molecular weight is 183 g/mol. The van der Waals surface area contributed by atoms with Crippen molar-refractivity contribution < 1.29 is 9.53 Å². The van der Waals surface area contributed by atoms with Gasteiger partial charge in [-0.2, -0.15) is 0 Å². The number of rotatable bonds is 3. The number of hydrogen-bond donors (Lipinski definition) is 0. The molecule has 0 saturated carbocycles. The van der Waals surface area contributed by atoms with E-state index in [1.807, 2.05) is 13.8 Å². The van der Waals surface area contributed by atoms with E-state index in [9.17, 15) is 4.79 Å². The smallest absolute Gasteiger partial charge is 0.174 e. The second kappa shape index (κ2) is 4.03. The molecule has 1 rings (SSSR count). The van der Waals surface area contributed by atoms with Crippen LogP contribution in [-0.4, -0.2) is 42.5 Å². The molecule has 1 aliphatic heterocycles. The van der Waals surface area contributed by atoms with Crippen LogP contribution in [0.1, 0.15) is 13.8 Å². The Morgan fingerprint density at radius 2 is 2.00 bits per heavy atom. The Morgan fingerprint density at radius 3 is 2.46 bits per heavy atom. The maximum Gasteiger partial charge on any atom is 0.174 e. The molecule has 3 heteroatoms. The molecule has 1 fully saturated rings. The number of ketones is 1. The number of carbonyl (C=O) groups excluding carboxylic acids is 1. The Morgan fingerprint density at radius 1 is 1.46 bits per heavy atom. The van der Waals surface area contributed by atoms with Crippen LogP contribution in [0.4, 0.5) is 0 Å². The highest BCUT2D eigenvalue weighted by Gasteiger charge is 2.33. The minimum absolute atomic E-state index is 0.0781. The molecule has 0 aromatic carbocycles. The molecule has 0 aliphatic carbocycles. The summed E-state index contributed by atoms with van der Waals surface area (Å²) in [7, 11) is 0. The molecule has 0 N–H and O–H groups in total. The molecule has 0 spiro atoms. The summed E-state index contributed by atoms with van der Waals surface area (Å²) in [4.78, 5) is 13.7. The predicted molar refractivity (Wildman–Crippen MR) is 51.7 cm³/mol. The number of carbonyl (C=O) groups is 1. The van der Waals surface area contributed by atoms with Gasteiger partial charge in [0, 0.05) is 13.1 Å². The first-order valence-electron chi connectivity index (χ1n) is 4.58. The van der Waals surface area contributed by atoms with Gasteiger partial charge in [0.15, 0.2) is 5.78 Å². The first-order chi connectivity index (χ1) is 6.09. The van der Waals surface area contributed by atoms with Gasteiger partial charge in [-0.3, -0.25) is 9.69 Å². The lowest BCUT2D eigenvalue weighted by atomic mass is 9.96. The molecule has 1 heterocycles. The molecule has 13 heavy (non-hydrogen) atoms. The Labute approximate surface area is 79.4 Å². The highest BCUT2D eigenvalue weighted by Crippen LogP contribution is 2.17. The quantitative estimate of drug-likeness (QED) is 0.608. The molecular formula is C10H17NO2. The van der Waals surface area contributed by atoms with Gasteiger partial charge in [0.05, 0.1) is 18.8 Å². The van der Waals surface area contributed by atoms with Crippen molar-refractivity contribution >= 4 is 5.78 Å². The van der Waals surface area contributed by atoms with Crippen molar-refractivity contribution in [1.29, 1.82) is 0 Å². The van der Waals surface area contributed by atoms with Crippen LogP contribution >= 0.6 is 0 Å². The number of ether oxygens (including phenoxy) is 1. The summed E-state index contributed by atoms with van der Waals surface area (Å²) in [5.74, 6) is 0.0781. The fourth-order valence-corrected chi connectivity index (χ4v) is 1.53. The standard InChI is InChI=1S/C10H17NO2/c1-4-9(12)10(2,3)11-5-7-13-8-6-11/h4H,1,5-8H2,2-3H3. The molecule has 74 valence electrons. The van der Waals surface area contributed by atoms with Crippen LogP contribution in [-0.2, 0) is 9.53 Å². The number of nitrogens with zero attached hydrogens (tertiary/aromatic N) is 1. The van der Waals surface area contributed by atoms with Crippen molar-refractivity contribution in [2.75, 3.05) is 26.3 Å². The van der Waals surface area contributed by atoms with E-state index in [-0.39, 0.29) is 5.78 Å². The van der Waals surface area contributed by atoms with Gasteiger partial charge >= 0.3 is 0 Å². The lowest BCUT2D eigenvalue weighted by molar-refractivity contribution is -0.127. The van der Waals surface area contributed by atoms with Gasteiger partial charge in [0.2, 0.25) is 0 Å². The van der Waals surface area contributed by atoms with E-state index in [4.69, 9.17) is 4.74 Å². The van der Waals surface area contributed by atoms with E-state index < -0.39 is 5.54 Å². The van der Waals surface area contributed by atoms with Crippen LogP contribution < -0.4 is 0 Å². The van der Waals surface area contributed by atoms with Gasteiger partial charge in [-0.05, 0) is 19.9 Å². The molecular weight excluding hydrogens is 166 g/mol. The van der Waals surface area contributed by atoms with Crippen molar-refractivity contribution in [3.05, 3.63) is 12.7 Å². The van der Waals surface area contributed by atoms with Crippen LogP contribution in [0.2, 0.25) is 0 Å². The van der Waals surface area contributed by atoms with Crippen molar-refractivity contribution in [3.8, 4) is 0 Å². The minimum atomic E-state index is -0.425. The lowest BCUT2D eigenvalue weighted by Gasteiger charge is -2.38. The summed E-state index contributed by atoms with van der Waals surface area (Å²) in [6, 6.07) is 0. The molecule has 0 radical (unpaired) electrons.